The van der Waals surface area contributed by atoms with E-state index in [-0.39, 0.29) is 11.3 Å². The first kappa shape index (κ1) is 14.1. The number of carbonyl (C=O) groups is 1. The van der Waals surface area contributed by atoms with Gasteiger partial charge in [0.1, 0.15) is 0 Å². The Morgan fingerprint density at radius 2 is 2.21 bits per heavy atom. The van der Waals surface area contributed by atoms with E-state index in [1.54, 1.807) is 10.9 Å². The van der Waals surface area contributed by atoms with E-state index in [2.05, 4.69) is 10.4 Å². The zero-order valence-corrected chi connectivity index (χ0v) is 11.7. The van der Waals surface area contributed by atoms with Crippen LogP contribution in [-0.2, 0) is 18.4 Å². The highest BCUT2D eigenvalue weighted by atomic mass is 16.1. The first-order chi connectivity index (χ1) is 9.13. The molecule has 0 bridgehead atoms. The van der Waals surface area contributed by atoms with Crippen LogP contribution >= 0.6 is 0 Å². The lowest BCUT2D eigenvalue weighted by Crippen LogP contribution is -2.38. The SMILES string of the molecule is Cn1cc(CNC(=O)CC2(CN)CCCCC2)cn1. The number of nitrogens with two attached hydrogens (primary N) is 1. The van der Waals surface area contributed by atoms with E-state index >= 15 is 0 Å². The molecule has 0 spiro atoms. The third kappa shape index (κ3) is 3.80. The lowest BCUT2D eigenvalue weighted by atomic mass is 9.71. The van der Waals surface area contributed by atoms with Crippen LogP contribution in [0.15, 0.2) is 12.4 Å². The van der Waals surface area contributed by atoms with Crippen molar-refractivity contribution in [2.75, 3.05) is 6.54 Å². The van der Waals surface area contributed by atoms with Crippen LogP contribution in [0.1, 0.15) is 44.1 Å². The second-order valence-electron chi connectivity index (χ2n) is 5.74. The van der Waals surface area contributed by atoms with Gasteiger partial charge in [0.25, 0.3) is 0 Å². The number of aromatic nitrogens is 2. The molecule has 0 radical (unpaired) electrons. The van der Waals surface area contributed by atoms with Crippen molar-refractivity contribution in [3.05, 3.63) is 18.0 Å². The van der Waals surface area contributed by atoms with Gasteiger partial charge in [0.2, 0.25) is 5.91 Å². The summed E-state index contributed by atoms with van der Waals surface area (Å²) in [7, 11) is 1.87. The summed E-state index contributed by atoms with van der Waals surface area (Å²) < 4.78 is 1.74. The van der Waals surface area contributed by atoms with E-state index in [0.717, 1.165) is 18.4 Å². The van der Waals surface area contributed by atoms with Crippen LogP contribution in [0.3, 0.4) is 0 Å². The Hall–Kier alpha value is -1.36. The number of hydrogen-bond acceptors (Lipinski definition) is 3. The van der Waals surface area contributed by atoms with Crippen LogP contribution in [-0.4, -0.2) is 22.2 Å². The van der Waals surface area contributed by atoms with Crippen LogP contribution < -0.4 is 11.1 Å². The maximum atomic E-state index is 12.1. The molecule has 19 heavy (non-hydrogen) atoms. The van der Waals surface area contributed by atoms with Crippen molar-refractivity contribution >= 4 is 5.91 Å². The standard InChI is InChI=1S/C14H24N4O/c1-18-10-12(9-17-18)8-16-13(19)7-14(11-15)5-3-2-4-6-14/h9-10H,2-8,11,15H2,1H3,(H,16,19). The summed E-state index contributed by atoms with van der Waals surface area (Å²) in [6, 6.07) is 0. The molecule has 1 amide bonds. The molecule has 5 heteroatoms. The predicted octanol–water partition coefficient (Wildman–Crippen LogP) is 1.34. The van der Waals surface area contributed by atoms with Gasteiger partial charge >= 0.3 is 0 Å². The Labute approximate surface area is 114 Å². The first-order valence-corrected chi connectivity index (χ1v) is 7.08. The number of hydrogen-bond donors (Lipinski definition) is 2. The van der Waals surface area contributed by atoms with E-state index in [1.165, 1.54) is 19.3 Å². The van der Waals surface area contributed by atoms with E-state index < -0.39 is 0 Å². The molecule has 0 atom stereocenters. The summed E-state index contributed by atoms with van der Waals surface area (Å²) in [5.41, 5.74) is 6.97. The number of aryl methyl sites for hydroxylation is 1. The molecule has 5 nitrogen and oxygen atoms in total. The molecule has 1 fully saturated rings. The lowest BCUT2D eigenvalue weighted by Gasteiger charge is -2.35. The Balaban J connectivity index is 1.82. The van der Waals surface area contributed by atoms with Crippen LogP contribution in [0.25, 0.3) is 0 Å². The molecule has 1 aromatic rings. The molecule has 0 saturated heterocycles. The van der Waals surface area contributed by atoms with Gasteiger partial charge in [-0.3, -0.25) is 9.48 Å². The van der Waals surface area contributed by atoms with Gasteiger partial charge < -0.3 is 11.1 Å². The van der Waals surface area contributed by atoms with Gasteiger partial charge in [0.15, 0.2) is 0 Å². The van der Waals surface area contributed by atoms with Gasteiger partial charge in [-0.2, -0.15) is 5.10 Å². The second-order valence-corrected chi connectivity index (χ2v) is 5.74. The Bertz CT molecular complexity index is 421. The highest BCUT2D eigenvalue weighted by Crippen LogP contribution is 2.38. The lowest BCUT2D eigenvalue weighted by molar-refractivity contribution is -0.124. The minimum atomic E-state index is 0.0390. The maximum absolute atomic E-state index is 12.1. The summed E-state index contributed by atoms with van der Waals surface area (Å²) in [5.74, 6) is 0.108. The fourth-order valence-electron chi connectivity index (χ4n) is 2.92. The van der Waals surface area contributed by atoms with Crippen molar-refractivity contribution < 1.29 is 4.79 Å². The Morgan fingerprint density at radius 3 is 2.79 bits per heavy atom. The zero-order valence-electron chi connectivity index (χ0n) is 11.7. The second kappa shape index (κ2) is 6.19. The zero-order chi connectivity index (χ0) is 13.7. The van der Waals surface area contributed by atoms with Crippen molar-refractivity contribution in [3.63, 3.8) is 0 Å². The van der Waals surface area contributed by atoms with Crippen molar-refractivity contribution in [2.24, 2.45) is 18.2 Å². The smallest absolute Gasteiger partial charge is 0.220 e. The summed E-state index contributed by atoms with van der Waals surface area (Å²) in [6.45, 7) is 1.17. The number of nitrogens with zero attached hydrogens (tertiary/aromatic N) is 2. The number of amides is 1. The van der Waals surface area contributed by atoms with E-state index in [1.807, 2.05) is 13.2 Å². The van der Waals surface area contributed by atoms with Crippen LogP contribution in [0, 0.1) is 5.41 Å². The largest absolute Gasteiger partial charge is 0.352 e. The molecule has 1 saturated carbocycles. The Kier molecular flexibility index (Phi) is 4.58. The van der Waals surface area contributed by atoms with Crippen LogP contribution in [0.5, 0.6) is 0 Å². The van der Waals surface area contributed by atoms with Crippen molar-refractivity contribution in [3.8, 4) is 0 Å². The third-order valence-corrected chi connectivity index (χ3v) is 4.13. The monoisotopic (exact) mass is 264 g/mol. The molecule has 1 aliphatic rings. The van der Waals surface area contributed by atoms with Gasteiger partial charge in [0, 0.05) is 31.8 Å². The summed E-state index contributed by atoms with van der Waals surface area (Å²) in [6.07, 6.45) is 10.1. The van der Waals surface area contributed by atoms with Gasteiger partial charge in [0.05, 0.1) is 6.20 Å². The molecular formula is C14H24N4O. The third-order valence-electron chi connectivity index (χ3n) is 4.13. The molecule has 0 aromatic carbocycles. The molecule has 2 rings (SSSR count). The highest BCUT2D eigenvalue weighted by Gasteiger charge is 2.32. The molecular weight excluding hydrogens is 240 g/mol. The summed E-state index contributed by atoms with van der Waals surface area (Å²) >= 11 is 0. The molecule has 0 unspecified atom stereocenters. The Morgan fingerprint density at radius 1 is 1.47 bits per heavy atom. The van der Waals surface area contributed by atoms with Gasteiger partial charge in [-0.1, -0.05) is 19.3 Å². The van der Waals surface area contributed by atoms with Crippen molar-refractivity contribution in [1.29, 1.82) is 0 Å². The maximum Gasteiger partial charge on any atom is 0.220 e. The van der Waals surface area contributed by atoms with Gasteiger partial charge in [-0.15, -0.1) is 0 Å². The van der Waals surface area contributed by atoms with Crippen LogP contribution in [0.4, 0.5) is 0 Å². The molecule has 106 valence electrons. The quantitative estimate of drug-likeness (QED) is 0.843. The topological polar surface area (TPSA) is 72.9 Å². The molecule has 1 aromatic heterocycles. The predicted molar refractivity (Wildman–Crippen MR) is 74.2 cm³/mol. The minimum absolute atomic E-state index is 0.0390. The fraction of sp³-hybridized carbons (Fsp3) is 0.714. The van der Waals surface area contributed by atoms with Crippen molar-refractivity contribution in [1.82, 2.24) is 15.1 Å². The highest BCUT2D eigenvalue weighted by molar-refractivity contribution is 5.76. The molecule has 0 aliphatic heterocycles. The number of rotatable bonds is 5. The summed E-state index contributed by atoms with van der Waals surface area (Å²) in [4.78, 5) is 12.1. The first-order valence-electron chi connectivity index (χ1n) is 7.08. The average Bonchev–Trinajstić information content (AvgIpc) is 2.83. The van der Waals surface area contributed by atoms with Gasteiger partial charge in [-0.25, -0.2) is 0 Å². The normalized spacial score (nSPS) is 18.2. The summed E-state index contributed by atoms with van der Waals surface area (Å²) in [5, 5.41) is 7.06. The van der Waals surface area contributed by atoms with E-state index in [4.69, 9.17) is 5.73 Å². The van der Waals surface area contributed by atoms with E-state index in [9.17, 15) is 4.79 Å². The average molecular weight is 264 g/mol. The fourth-order valence-corrected chi connectivity index (χ4v) is 2.92. The number of carbonyl (C=O) groups excluding carboxylic acids is 1. The van der Waals surface area contributed by atoms with Crippen molar-refractivity contribution in [2.45, 2.75) is 45.1 Å². The minimum Gasteiger partial charge on any atom is -0.352 e. The van der Waals surface area contributed by atoms with Gasteiger partial charge in [-0.05, 0) is 24.8 Å². The molecule has 3 N–H and O–H groups in total. The molecule has 1 aliphatic carbocycles. The van der Waals surface area contributed by atoms with E-state index in [0.29, 0.717) is 19.5 Å². The van der Waals surface area contributed by atoms with Crippen LogP contribution in [0.2, 0.25) is 0 Å². The number of nitrogens with one attached hydrogen (secondary N) is 1. The molecule has 1 heterocycles.